The molecule has 1 atom stereocenters. The van der Waals surface area contributed by atoms with E-state index in [1.807, 2.05) is 0 Å². The molecule has 3 amide bonds. The third kappa shape index (κ3) is 5.80. The molecular weight excluding hydrogens is 347 g/mol. The first kappa shape index (κ1) is 19.3. The van der Waals surface area contributed by atoms with E-state index in [0.29, 0.717) is 11.3 Å². The van der Waals surface area contributed by atoms with Crippen molar-refractivity contribution in [3.8, 4) is 0 Å². The summed E-state index contributed by atoms with van der Waals surface area (Å²) in [6.07, 6.45) is -4.44. The topological polar surface area (TPSA) is 70.2 Å². The maximum Gasteiger partial charge on any atom is 0.416 e. The second-order valence-electron chi connectivity index (χ2n) is 5.60. The van der Waals surface area contributed by atoms with Crippen molar-refractivity contribution in [2.75, 3.05) is 5.32 Å². The predicted octanol–water partition coefficient (Wildman–Crippen LogP) is 3.53. The van der Waals surface area contributed by atoms with Crippen LogP contribution in [0.3, 0.4) is 0 Å². The SMILES string of the molecule is C[C@@H](NC(=O)Nc1ccccc1)C(=O)NCc1cccc(C(F)(F)F)c1. The van der Waals surface area contributed by atoms with E-state index in [1.54, 1.807) is 30.3 Å². The van der Waals surface area contributed by atoms with Gasteiger partial charge in [-0.2, -0.15) is 13.2 Å². The van der Waals surface area contributed by atoms with Gasteiger partial charge in [-0.25, -0.2) is 4.79 Å². The highest BCUT2D eigenvalue weighted by Crippen LogP contribution is 2.29. The Kier molecular flexibility index (Phi) is 6.21. The van der Waals surface area contributed by atoms with Gasteiger partial charge in [-0.3, -0.25) is 4.79 Å². The number of amides is 3. The van der Waals surface area contributed by atoms with Crippen molar-refractivity contribution in [1.82, 2.24) is 10.6 Å². The van der Waals surface area contributed by atoms with Crippen LogP contribution in [0.25, 0.3) is 0 Å². The second-order valence-corrected chi connectivity index (χ2v) is 5.60. The van der Waals surface area contributed by atoms with Crippen LogP contribution in [0.4, 0.5) is 23.7 Å². The molecule has 0 spiro atoms. The molecule has 0 bridgehead atoms. The minimum atomic E-state index is -4.44. The van der Waals surface area contributed by atoms with E-state index in [1.165, 1.54) is 19.1 Å². The summed E-state index contributed by atoms with van der Waals surface area (Å²) < 4.78 is 38.0. The Morgan fingerprint density at radius 2 is 1.73 bits per heavy atom. The van der Waals surface area contributed by atoms with Gasteiger partial charge in [-0.15, -0.1) is 0 Å². The number of carbonyl (C=O) groups excluding carboxylic acids is 2. The van der Waals surface area contributed by atoms with E-state index in [2.05, 4.69) is 16.0 Å². The molecule has 0 saturated heterocycles. The molecule has 0 aliphatic carbocycles. The van der Waals surface area contributed by atoms with Gasteiger partial charge in [0.1, 0.15) is 6.04 Å². The molecule has 0 aliphatic rings. The van der Waals surface area contributed by atoms with Crippen LogP contribution in [0.1, 0.15) is 18.1 Å². The van der Waals surface area contributed by atoms with Gasteiger partial charge in [-0.05, 0) is 36.8 Å². The van der Waals surface area contributed by atoms with Crippen LogP contribution in [0.2, 0.25) is 0 Å². The monoisotopic (exact) mass is 365 g/mol. The van der Waals surface area contributed by atoms with Crippen molar-refractivity contribution in [2.45, 2.75) is 25.7 Å². The molecule has 0 fully saturated rings. The van der Waals surface area contributed by atoms with E-state index < -0.39 is 29.7 Å². The lowest BCUT2D eigenvalue weighted by molar-refractivity contribution is -0.137. The minimum Gasteiger partial charge on any atom is -0.350 e. The summed E-state index contributed by atoms with van der Waals surface area (Å²) in [6, 6.07) is 12.0. The first-order chi connectivity index (χ1) is 12.3. The van der Waals surface area contributed by atoms with Gasteiger partial charge in [0.2, 0.25) is 5.91 Å². The van der Waals surface area contributed by atoms with Crippen LogP contribution in [-0.4, -0.2) is 18.0 Å². The molecule has 138 valence electrons. The van der Waals surface area contributed by atoms with Gasteiger partial charge in [0.05, 0.1) is 5.56 Å². The fourth-order valence-corrected chi connectivity index (χ4v) is 2.15. The first-order valence-electron chi connectivity index (χ1n) is 7.82. The lowest BCUT2D eigenvalue weighted by Gasteiger charge is -2.15. The Balaban J connectivity index is 1.84. The van der Waals surface area contributed by atoms with Gasteiger partial charge < -0.3 is 16.0 Å². The van der Waals surface area contributed by atoms with Gasteiger partial charge in [-0.1, -0.05) is 30.3 Å². The molecule has 0 radical (unpaired) electrons. The Labute approximate surface area is 148 Å². The Hall–Kier alpha value is -3.03. The smallest absolute Gasteiger partial charge is 0.350 e. The lowest BCUT2D eigenvalue weighted by atomic mass is 10.1. The third-order valence-corrected chi connectivity index (χ3v) is 3.49. The Bertz CT molecular complexity index is 764. The lowest BCUT2D eigenvalue weighted by Crippen LogP contribution is -2.46. The summed E-state index contributed by atoms with van der Waals surface area (Å²) >= 11 is 0. The molecule has 0 aliphatic heterocycles. The average molecular weight is 365 g/mol. The standard InChI is InChI=1S/C18H18F3N3O2/c1-12(23-17(26)24-15-8-3-2-4-9-15)16(25)22-11-13-6-5-7-14(10-13)18(19,20)21/h2-10,12H,11H2,1H3,(H,22,25)(H2,23,24,26)/t12-/m1/s1. The van der Waals surface area contributed by atoms with Gasteiger partial charge in [0, 0.05) is 12.2 Å². The highest BCUT2D eigenvalue weighted by atomic mass is 19.4. The molecule has 0 heterocycles. The molecule has 26 heavy (non-hydrogen) atoms. The molecule has 0 aromatic heterocycles. The summed E-state index contributed by atoms with van der Waals surface area (Å²) in [5, 5.41) is 7.53. The molecular formula is C18H18F3N3O2. The minimum absolute atomic E-state index is 0.0743. The number of nitrogens with one attached hydrogen (secondary N) is 3. The molecule has 2 aromatic rings. The van der Waals surface area contributed by atoms with Crippen LogP contribution in [0.15, 0.2) is 54.6 Å². The number of hydrogen-bond acceptors (Lipinski definition) is 2. The zero-order valence-corrected chi connectivity index (χ0v) is 13.9. The molecule has 2 aromatic carbocycles. The van der Waals surface area contributed by atoms with Crippen molar-refractivity contribution in [1.29, 1.82) is 0 Å². The Morgan fingerprint density at radius 3 is 2.38 bits per heavy atom. The van der Waals surface area contributed by atoms with Gasteiger partial charge in [0.15, 0.2) is 0 Å². The van der Waals surface area contributed by atoms with E-state index >= 15 is 0 Å². The molecule has 3 N–H and O–H groups in total. The van der Waals surface area contributed by atoms with E-state index in [-0.39, 0.29) is 6.54 Å². The van der Waals surface area contributed by atoms with Crippen molar-refractivity contribution in [2.24, 2.45) is 0 Å². The number of para-hydroxylation sites is 1. The van der Waals surface area contributed by atoms with Gasteiger partial charge in [0.25, 0.3) is 0 Å². The third-order valence-electron chi connectivity index (χ3n) is 3.49. The number of benzene rings is 2. The van der Waals surface area contributed by atoms with Crippen LogP contribution in [0, 0.1) is 0 Å². The quantitative estimate of drug-likeness (QED) is 0.759. The molecule has 8 heteroatoms. The van der Waals surface area contributed by atoms with Crippen molar-refractivity contribution < 1.29 is 22.8 Å². The highest BCUT2D eigenvalue weighted by Gasteiger charge is 2.30. The normalized spacial score (nSPS) is 12.2. The van der Waals surface area contributed by atoms with E-state index in [9.17, 15) is 22.8 Å². The maximum absolute atomic E-state index is 12.7. The van der Waals surface area contributed by atoms with E-state index in [4.69, 9.17) is 0 Å². The first-order valence-corrected chi connectivity index (χ1v) is 7.82. The van der Waals surface area contributed by atoms with Gasteiger partial charge >= 0.3 is 12.2 Å². The van der Waals surface area contributed by atoms with Crippen LogP contribution < -0.4 is 16.0 Å². The van der Waals surface area contributed by atoms with E-state index in [0.717, 1.165) is 12.1 Å². The zero-order valence-electron chi connectivity index (χ0n) is 13.9. The largest absolute Gasteiger partial charge is 0.416 e. The molecule has 5 nitrogen and oxygen atoms in total. The number of halogens is 3. The second kappa shape index (κ2) is 8.37. The van der Waals surface area contributed by atoms with Crippen LogP contribution in [0.5, 0.6) is 0 Å². The molecule has 0 unspecified atom stereocenters. The number of alkyl halides is 3. The van der Waals surface area contributed by atoms with Crippen LogP contribution in [-0.2, 0) is 17.5 Å². The fraction of sp³-hybridized carbons (Fsp3) is 0.222. The summed E-state index contributed by atoms with van der Waals surface area (Å²) in [7, 11) is 0. The summed E-state index contributed by atoms with van der Waals surface area (Å²) in [6.45, 7) is 1.40. The molecule has 0 saturated carbocycles. The summed E-state index contributed by atoms with van der Waals surface area (Å²) in [5.74, 6) is -0.509. The Morgan fingerprint density at radius 1 is 1.04 bits per heavy atom. The van der Waals surface area contributed by atoms with Crippen molar-refractivity contribution in [3.05, 3.63) is 65.7 Å². The fourth-order valence-electron chi connectivity index (χ4n) is 2.15. The number of urea groups is 1. The van der Waals surface area contributed by atoms with Crippen molar-refractivity contribution >= 4 is 17.6 Å². The summed E-state index contributed by atoms with van der Waals surface area (Å²) in [4.78, 5) is 23.8. The highest BCUT2D eigenvalue weighted by molar-refractivity contribution is 5.93. The zero-order chi connectivity index (χ0) is 19.2. The number of rotatable bonds is 5. The summed E-state index contributed by atoms with van der Waals surface area (Å²) in [5.41, 5.74) is 0.105. The number of anilines is 1. The average Bonchev–Trinajstić information content (AvgIpc) is 2.60. The maximum atomic E-state index is 12.7. The predicted molar refractivity (Wildman–Crippen MR) is 91.3 cm³/mol. The van der Waals surface area contributed by atoms with Crippen LogP contribution >= 0.6 is 0 Å². The number of hydrogen-bond donors (Lipinski definition) is 3. The number of carbonyl (C=O) groups is 2. The molecule has 2 rings (SSSR count). The van der Waals surface area contributed by atoms with Crippen molar-refractivity contribution in [3.63, 3.8) is 0 Å².